The van der Waals surface area contributed by atoms with Gasteiger partial charge >= 0.3 is 0 Å². The summed E-state index contributed by atoms with van der Waals surface area (Å²) in [4.78, 5) is 17.0. The molecule has 0 aromatic carbocycles. The van der Waals surface area contributed by atoms with Crippen LogP contribution in [-0.4, -0.2) is 60.6 Å². The predicted molar refractivity (Wildman–Crippen MR) is 111 cm³/mol. The molecule has 2 N–H and O–H groups in total. The fourth-order valence-electron chi connectivity index (χ4n) is 4.04. The van der Waals surface area contributed by atoms with Gasteiger partial charge in [-0.05, 0) is 51.6 Å². The lowest BCUT2D eigenvalue weighted by molar-refractivity contribution is -0.0693. The third-order valence-electron chi connectivity index (χ3n) is 5.35. The molecular formula is C19H33Cl2N3O3. The minimum absolute atomic E-state index is 0. The summed E-state index contributed by atoms with van der Waals surface area (Å²) in [6, 6.07) is 1.76. The highest BCUT2D eigenvalue weighted by Gasteiger charge is 2.26. The van der Waals surface area contributed by atoms with Crippen molar-refractivity contribution in [2.24, 2.45) is 11.7 Å². The van der Waals surface area contributed by atoms with Crippen molar-refractivity contribution in [1.29, 1.82) is 0 Å². The van der Waals surface area contributed by atoms with E-state index in [0.29, 0.717) is 36.0 Å². The zero-order valence-electron chi connectivity index (χ0n) is 16.3. The second kappa shape index (κ2) is 11.3. The second-order valence-electron chi connectivity index (χ2n) is 7.55. The molecule has 1 amide bonds. The zero-order valence-corrected chi connectivity index (χ0v) is 17.9. The molecule has 2 fully saturated rings. The molecule has 2 unspecified atom stereocenters. The molecule has 2 atom stereocenters. The molecule has 0 aliphatic carbocycles. The van der Waals surface area contributed by atoms with Crippen LogP contribution >= 0.6 is 24.8 Å². The van der Waals surface area contributed by atoms with Crippen molar-refractivity contribution in [2.75, 3.05) is 32.7 Å². The van der Waals surface area contributed by atoms with Crippen molar-refractivity contribution in [2.45, 2.75) is 51.9 Å². The highest BCUT2D eigenvalue weighted by Crippen LogP contribution is 2.23. The van der Waals surface area contributed by atoms with E-state index in [0.717, 1.165) is 45.6 Å². The molecular weight excluding hydrogens is 389 g/mol. The van der Waals surface area contributed by atoms with E-state index in [9.17, 15) is 4.79 Å². The molecule has 2 aliphatic heterocycles. The van der Waals surface area contributed by atoms with Crippen LogP contribution in [0.5, 0.6) is 0 Å². The minimum Gasteiger partial charge on any atom is -0.467 e. The van der Waals surface area contributed by atoms with E-state index in [1.54, 1.807) is 6.07 Å². The number of amides is 1. The maximum absolute atomic E-state index is 12.5. The number of ether oxygens (including phenoxy) is 1. The molecule has 27 heavy (non-hydrogen) atoms. The first-order valence-corrected chi connectivity index (χ1v) is 9.49. The zero-order chi connectivity index (χ0) is 17.8. The van der Waals surface area contributed by atoms with Crippen LogP contribution in [0.3, 0.4) is 0 Å². The number of carbonyl (C=O) groups is 1. The Morgan fingerprint density at radius 1 is 1.19 bits per heavy atom. The number of hydrogen-bond acceptors (Lipinski definition) is 5. The van der Waals surface area contributed by atoms with Crippen LogP contribution in [0.2, 0.25) is 0 Å². The monoisotopic (exact) mass is 421 g/mol. The van der Waals surface area contributed by atoms with Crippen molar-refractivity contribution < 1.29 is 13.9 Å². The smallest absolute Gasteiger partial charge is 0.257 e. The van der Waals surface area contributed by atoms with Crippen molar-refractivity contribution in [3.8, 4) is 0 Å². The van der Waals surface area contributed by atoms with Crippen LogP contribution in [0.15, 0.2) is 16.7 Å². The lowest BCUT2D eigenvalue weighted by Crippen LogP contribution is -2.46. The Labute approximate surface area is 174 Å². The van der Waals surface area contributed by atoms with Crippen LogP contribution in [0.25, 0.3) is 0 Å². The number of nitrogens with two attached hydrogens (primary N) is 1. The van der Waals surface area contributed by atoms with Gasteiger partial charge in [-0.3, -0.25) is 9.69 Å². The molecule has 0 saturated carbocycles. The molecule has 3 heterocycles. The Kier molecular flexibility index (Phi) is 10.1. The van der Waals surface area contributed by atoms with Gasteiger partial charge in [0.2, 0.25) is 0 Å². The summed E-state index contributed by atoms with van der Waals surface area (Å²) < 4.78 is 11.1. The predicted octanol–water partition coefficient (Wildman–Crippen LogP) is 2.93. The van der Waals surface area contributed by atoms with Gasteiger partial charge in [-0.2, -0.15) is 0 Å². The van der Waals surface area contributed by atoms with Crippen molar-refractivity contribution >= 4 is 30.7 Å². The van der Waals surface area contributed by atoms with Gasteiger partial charge in [0.05, 0.1) is 24.3 Å². The fourth-order valence-corrected chi connectivity index (χ4v) is 4.04. The second-order valence-corrected chi connectivity index (χ2v) is 7.55. The van der Waals surface area contributed by atoms with E-state index in [1.165, 1.54) is 12.7 Å². The number of rotatable bonds is 5. The van der Waals surface area contributed by atoms with Crippen LogP contribution in [0, 0.1) is 5.92 Å². The highest BCUT2D eigenvalue weighted by molar-refractivity contribution is 5.94. The van der Waals surface area contributed by atoms with Crippen LogP contribution in [-0.2, 0) is 11.3 Å². The molecule has 1 aromatic heterocycles. The van der Waals surface area contributed by atoms with E-state index in [-0.39, 0.29) is 30.7 Å². The average molecular weight is 422 g/mol. The van der Waals surface area contributed by atoms with Crippen molar-refractivity contribution in [1.82, 2.24) is 9.80 Å². The Morgan fingerprint density at radius 3 is 2.37 bits per heavy atom. The van der Waals surface area contributed by atoms with E-state index in [1.807, 2.05) is 4.90 Å². The summed E-state index contributed by atoms with van der Waals surface area (Å²) >= 11 is 0. The third kappa shape index (κ3) is 6.64. The number of piperidine rings is 1. The quantitative estimate of drug-likeness (QED) is 0.790. The SMILES string of the molecule is CC1CN(CCC2CCN(C(=O)c3coc(CN)c3)CC2)CC(C)O1.Cl.Cl. The maximum atomic E-state index is 12.5. The van der Waals surface area contributed by atoms with Gasteiger partial charge in [0, 0.05) is 26.2 Å². The summed E-state index contributed by atoms with van der Waals surface area (Å²) in [5.41, 5.74) is 6.16. The average Bonchev–Trinajstić information content (AvgIpc) is 3.08. The third-order valence-corrected chi connectivity index (χ3v) is 5.35. The number of morpholine rings is 1. The lowest BCUT2D eigenvalue weighted by atomic mass is 9.93. The maximum Gasteiger partial charge on any atom is 0.257 e. The molecule has 0 radical (unpaired) electrons. The van der Waals surface area contributed by atoms with Gasteiger partial charge in [0.1, 0.15) is 12.0 Å². The summed E-state index contributed by atoms with van der Waals surface area (Å²) in [6.07, 6.45) is 5.57. The first kappa shape index (κ1) is 24.2. The van der Waals surface area contributed by atoms with Gasteiger partial charge in [-0.25, -0.2) is 0 Å². The Balaban J connectivity index is 0.00000182. The summed E-state index contributed by atoms with van der Waals surface area (Å²) in [5.74, 6) is 1.44. The molecule has 0 bridgehead atoms. The summed E-state index contributed by atoms with van der Waals surface area (Å²) in [7, 11) is 0. The number of nitrogens with zero attached hydrogens (tertiary/aromatic N) is 2. The van der Waals surface area contributed by atoms with Gasteiger partial charge in [-0.1, -0.05) is 0 Å². The number of hydrogen-bond donors (Lipinski definition) is 1. The molecule has 6 nitrogen and oxygen atoms in total. The van der Waals surface area contributed by atoms with Gasteiger partial charge in [0.25, 0.3) is 5.91 Å². The summed E-state index contributed by atoms with van der Waals surface area (Å²) in [6.45, 7) is 9.51. The topological polar surface area (TPSA) is 71.9 Å². The Bertz CT molecular complexity index is 566. The van der Waals surface area contributed by atoms with E-state index < -0.39 is 0 Å². The Hall–Kier alpha value is -0.790. The molecule has 8 heteroatoms. The van der Waals surface area contributed by atoms with Gasteiger partial charge in [-0.15, -0.1) is 24.8 Å². The fraction of sp³-hybridized carbons (Fsp3) is 0.737. The van der Waals surface area contributed by atoms with E-state index in [4.69, 9.17) is 14.9 Å². The van der Waals surface area contributed by atoms with Crippen molar-refractivity contribution in [3.63, 3.8) is 0 Å². The van der Waals surface area contributed by atoms with Crippen LogP contribution in [0.4, 0.5) is 0 Å². The Morgan fingerprint density at radius 2 is 1.81 bits per heavy atom. The molecule has 156 valence electrons. The van der Waals surface area contributed by atoms with E-state index >= 15 is 0 Å². The molecule has 0 spiro atoms. The molecule has 1 aromatic rings. The molecule has 2 saturated heterocycles. The number of furan rings is 1. The normalized spacial score (nSPS) is 24.2. The van der Waals surface area contributed by atoms with Gasteiger partial charge in [0.15, 0.2) is 0 Å². The van der Waals surface area contributed by atoms with Crippen molar-refractivity contribution in [3.05, 3.63) is 23.7 Å². The molecule has 2 aliphatic rings. The van der Waals surface area contributed by atoms with Crippen LogP contribution in [0.1, 0.15) is 49.2 Å². The van der Waals surface area contributed by atoms with Crippen LogP contribution < -0.4 is 5.73 Å². The highest BCUT2D eigenvalue weighted by atomic mass is 35.5. The first-order chi connectivity index (χ1) is 12.0. The number of halogens is 2. The first-order valence-electron chi connectivity index (χ1n) is 9.49. The minimum atomic E-state index is 0. The number of carbonyl (C=O) groups excluding carboxylic acids is 1. The largest absolute Gasteiger partial charge is 0.467 e. The lowest BCUT2D eigenvalue weighted by Gasteiger charge is -2.37. The molecule has 3 rings (SSSR count). The number of likely N-dealkylation sites (tertiary alicyclic amines) is 1. The summed E-state index contributed by atoms with van der Waals surface area (Å²) in [5, 5.41) is 0. The van der Waals surface area contributed by atoms with E-state index in [2.05, 4.69) is 18.7 Å². The van der Waals surface area contributed by atoms with Gasteiger partial charge < -0.3 is 19.8 Å². The standard InChI is InChI=1S/C19H31N3O3.2ClH/c1-14-11-21(12-15(2)25-14)6-3-16-4-7-22(8-5-16)19(23)17-9-18(10-20)24-13-17;;/h9,13-16H,3-8,10-12,20H2,1-2H3;2*1H.